The Morgan fingerprint density at radius 3 is 2.71 bits per heavy atom. The van der Waals surface area contributed by atoms with Gasteiger partial charge in [0.15, 0.2) is 0 Å². The summed E-state index contributed by atoms with van der Waals surface area (Å²) in [6.07, 6.45) is 0.366. The summed E-state index contributed by atoms with van der Waals surface area (Å²) in [7, 11) is 0. The number of carbonyl (C=O) groups is 1. The van der Waals surface area contributed by atoms with Gasteiger partial charge in [-0.25, -0.2) is 0 Å². The first-order valence-corrected chi connectivity index (χ1v) is 5.20. The Morgan fingerprint density at radius 2 is 2.29 bits per heavy atom. The van der Waals surface area contributed by atoms with Crippen LogP contribution in [0, 0.1) is 0 Å². The second kappa shape index (κ2) is 4.28. The standard InChI is InChI=1S/C10H20N2O2/c1-4-11-10(2,3)9(14)12-6-5-8(13)7-12/h8,11,13H,4-7H2,1-3H3/t8-/m0/s1. The Bertz CT molecular complexity index is 216. The van der Waals surface area contributed by atoms with Gasteiger partial charge in [0.05, 0.1) is 11.6 Å². The summed E-state index contributed by atoms with van der Waals surface area (Å²) < 4.78 is 0. The van der Waals surface area contributed by atoms with E-state index in [1.807, 2.05) is 20.8 Å². The number of likely N-dealkylation sites (tertiary alicyclic amines) is 1. The van der Waals surface area contributed by atoms with E-state index in [4.69, 9.17) is 0 Å². The fraction of sp³-hybridized carbons (Fsp3) is 0.900. The van der Waals surface area contributed by atoms with Gasteiger partial charge in [0.1, 0.15) is 0 Å². The molecule has 0 aromatic rings. The number of aliphatic hydroxyl groups excluding tert-OH is 1. The van der Waals surface area contributed by atoms with Crippen molar-refractivity contribution < 1.29 is 9.90 Å². The Balaban J connectivity index is 2.56. The van der Waals surface area contributed by atoms with E-state index in [1.54, 1.807) is 4.90 Å². The van der Waals surface area contributed by atoms with Crippen LogP contribution >= 0.6 is 0 Å². The number of amides is 1. The summed E-state index contributed by atoms with van der Waals surface area (Å²) in [4.78, 5) is 13.7. The van der Waals surface area contributed by atoms with Gasteiger partial charge in [-0.3, -0.25) is 4.79 Å². The van der Waals surface area contributed by atoms with Gasteiger partial charge in [-0.15, -0.1) is 0 Å². The molecule has 4 nitrogen and oxygen atoms in total. The highest BCUT2D eigenvalue weighted by Gasteiger charge is 2.34. The van der Waals surface area contributed by atoms with Crippen LogP contribution in [-0.4, -0.2) is 47.2 Å². The summed E-state index contributed by atoms with van der Waals surface area (Å²) in [5.41, 5.74) is -0.515. The third-order valence-electron chi connectivity index (χ3n) is 2.60. The number of nitrogens with zero attached hydrogens (tertiary/aromatic N) is 1. The number of hydrogen-bond acceptors (Lipinski definition) is 3. The summed E-state index contributed by atoms with van der Waals surface area (Å²) in [6, 6.07) is 0. The van der Waals surface area contributed by atoms with Gasteiger partial charge in [0.25, 0.3) is 0 Å². The predicted molar refractivity (Wildman–Crippen MR) is 55.0 cm³/mol. The van der Waals surface area contributed by atoms with Gasteiger partial charge >= 0.3 is 0 Å². The average molecular weight is 200 g/mol. The number of likely N-dealkylation sites (N-methyl/N-ethyl adjacent to an activating group) is 1. The summed E-state index contributed by atoms with van der Waals surface area (Å²) in [5, 5.41) is 12.5. The van der Waals surface area contributed by atoms with Crippen LogP contribution in [0.1, 0.15) is 27.2 Å². The molecule has 0 spiro atoms. The van der Waals surface area contributed by atoms with Crippen LogP contribution in [0.15, 0.2) is 0 Å². The highest BCUT2D eigenvalue weighted by atomic mass is 16.3. The molecule has 0 aromatic carbocycles. The van der Waals surface area contributed by atoms with Crippen molar-refractivity contribution in [2.45, 2.75) is 38.8 Å². The second-order valence-corrected chi connectivity index (χ2v) is 4.35. The van der Waals surface area contributed by atoms with E-state index in [1.165, 1.54) is 0 Å². The molecule has 0 radical (unpaired) electrons. The Morgan fingerprint density at radius 1 is 1.64 bits per heavy atom. The minimum Gasteiger partial charge on any atom is -0.391 e. The lowest BCUT2D eigenvalue weighted by Crippen LogP contribution is -2.53. The molecule has 0 aliphatic carbocycles. The van der Waals surface area contributed by atoms with E-state index in [9.17, 15) is 9.90 Å². The molecule has 0 aromatic heterocycles. The van der Waals surface area contributed by atoms with E-state index in [-0.39, 0.29) is 12.0 Å². The molecule has 0 bridgehead atoms. The molecular formula is C10H20N2O2. The van der Waals surface area contributed by atoms with Crippen LogP contribution < -0.4 is 5.32 Å². The first-order valence-electron chi connectivity index (χ1n) is 5.20. The highest BCUT2D eigenvalue weighted by Crippen LogP contribution is 2.15. The largest absolute Gasteiger partial charge is 0.391 e. The number of nitrogens with one attached hydrogen (secondary N) is 1. The molecule has 0 saturated carbocycles. The molecule has 1 aliphatic rings. The van der Waals surface area contributed by atoms with Crippen molar-refractivity contribution in [1.29, 1.82) is 0 Å². The van der Waals surface area contributed by atoms with Crippen molar-refractivity contribution in [3.8, 4) is 0 Å². The number of aliphatic hydroxyl groups is 1. The minimum absolute atomic E-state index is 0.0795. The van der Waals surface area contributed by atoms with Gasteiger partial charge in [-0.05, 0) is 26.8 Å². The molecule has 1 amide bonds. The third kappa shape index (κ3) is 2.45. The van der Waals surface area contributed by atoms with Crippen molar-refractivity contribution in [1.82, 2.24) is 10.2 Å². The maximum absolute atomic E-state index is 12.0. The molecule has 1 rings (SSSR count). The average Bonchev–Trinajstić information content (AvgIpc) is 2.50. The van der Waals surface area contributed by atoms with Gasteiger partial charge < -0.3 is 15.3 Å². The lowest BCUT2D eigenvalue weighted by Gasteiger charge is -2.29. The summed E-state index contributed by atoms with van der Waals surface area (Å²) in [6.45, 7) is 7.67. The SMILES string of the molecule is CCNC(C)(C)C(=O)N1CC[C@H](O)C1. The number of rotatable bonds is 3. The summed E-state index contributed by atoms with van der Waals surface area (Å²) >= 11 is 0. The lowest BCUT2D eigenvalue weighted by atomic mass is 10.0. The van der Waals surface area contributed by atoms with Crippen molar-refractivity contribution in [2.24, 2.45) is 0 Å². The fourth-order valence-corrected chi connectivity index (χ4v) is 1.84. The molecule has 0 unspecified atom stereocenters. The first kappa shape index (κ1) is 11.5. The minimum atomic E-state index is -0.515. The monoisotopic (exact) mass is 200 g/mol. The molecule has 1 atom stereocenters. The molecular weight excluding hydrogens is 180 g/mol. The van der Waals surface area contributed by atoms with Crippen LogP contribution in [-0.2, 0) is 4.79 Å². The number of hydrogen-bond donors (Lipinski definition) is 2. The Kier molecular flexibility index (Phi) is 3.50. The van der Waals surface area contributed by atoms with Crippen molar-refractivity contribution >= 4 is 5.91 Å². The van der Waals surface area contributed by atoms with Crippen molar-refractivity contribution in [3.05, 3.63) is 0 Å². The van der Waals surface area contributed by atoms with Crippen molar-refractivity contribution in [3.63, 3.8) is 0 Å². The topological polar surface area (TPSA) is 52.6 Å². The van der Waals surface area contributed by atoms with E-state index in [2.05, 4.69) is 5.32 Å². The molecule has 4 heteroatoms. The summed E-state index contributed by atoms with van der Waals surface area (Å²) in [5.74, 6) is 0.0795. The molecule has 1 aliphatic heterocycles. The third-order valence-corrected chi connectivity index (χ3v) is 2.60. The zero-order chi connectivity index (χ0) is 10.8. The van der Waals surface area contributed by atoms with Crippen LogP contribution in [0.4, 0.5) is 0 Å². The van der Waals surface area contributed by atoms with Gasteiger partial charge in [-0.1, -0.05) is 6.92 Å². The maximum Gasteiger partial charge on any atom is 0.242 e. The Labute approximate surface area is 85.3 Å². The number of carbonyl (C=O) groups excluding carboxylic acids is 1. The predicted octanol–water partition coefficient (Wildman–Crippen LogP) is -0.0323. The van der Waals surface area contributed by atoms with E-state index < -0.39 is 5.54 Å². The Hall–Kier alpha value is -0.610. The van der Waals surface area contributed by atoms with Crippen LogP contribution in [0.25, 0.3) is 0 Å². The quantitative estimate of drug-likeness (QED) is 0.672. The normalized spacial score (nSPS) is 22.9. The van der Waals surface area contributed by atoms with Crippen LogP contribution in [0.5, 0.6) is 0 Å². The van der Waals surface area contributed by atoms with E-state index in [0.717, 1.165) is 6.54 Å². The fourth-order valence-electron chi connectivity index (χ4n) is 1.84. The number of β-amino-alcohol motifs (C(OH)–C–C–N with tert-alkyl or cyclic N) is 1. The van der Waals surface area contributed by atoms with Gasteiger partial charge in [0, 0.05) is 13.1 Å². The molecule has 1 saturated heterocycles. The molecule has 1 heterocycles. The highest BCUT2D eigenvalue weighted by molar-refractivity contribution is 5.85. The van der Waals surface area contributed by atoms with Gasteiger partial charge in [0.2, 0.25) is 5.91 Å². The zero-order valence-corrected chi connectivity index (χ0v) is 9.21. The first-order chi connectivity index (χ1) is 6.47. The smallest absolute Gasteiger partial charge is 0.242 e. The molecule has 2 N–H and O–H groups in total. The van der Waals surface area contributed by atoms with Crippen molar-refractivity contribution in [2.75, 3.05) is 19.6 Å². The lowest BCUT2D eigenvalue weighted by molar-refractivity contribution is -0.136. The second-order valence-electron chi connectivity index (χ2n) is 4.35. The maximum atomic E-state index is 12.0. The van der Waals surface area contributed by atoms with E-state index >= 15 is 0 Å². The molecule has 14 heavy (non-hydrogen) atoms. The van der Waals surface area contributed by atoms with Crippen LogP contribution in [0.3, 0.4) is 0 Å². The van der Waals surface area contributed by atoms with E-state index in [0.29, 0.717) is 19.5 Å². The zero-order valence-electron chi connectivity index (χ0n) is 9.21. The van der Waals surface area contributed by atoms with Crippen LogP contribution in [0.2, 0.25) is 0 Å². The van der Waals surface area contributed by atoms with Gasteiger partial charge in [-0.2, -0.15) is 0 Å². The molecule has 1 fully saturated rings. The molecule has 82 valence electrons.